The second-order valence-corrected chi connectivity index (χ2v) is 5.45. The van der Waals surface area contributed by atoms with Gasteiger partial charge in [0.25, 0.3) is 0 Å². The molecule has 0 spiro atoms. The molecule has 1 aromatic carbocycles. The van der Waals surface area contributed by atoms with E-state index in [1.807, 2.05) is 63.2 Å². The fourth-order valence-corrected chi connectivity index (χ4v) is 2.80. The minimum atomic E-state index is -0.219. The number of hydrogen-bond donors (Lipinski definition) is 0. The molecule has 0 aromatic heterocycles. The van der Waals surface area contributed by atoms with Gasteiger partial charge in [0, 0.05) is 12.7 Å². The van der Waals surface area contributed by atoms with Crippen molar-refractivity contribution in [1.29, 1.82) is 0 Å². The lowest BCUT2D eigenvalue weighted by molar-refractivity contribution is 0.131. The fourth-order valence-electron chi connectivity index (χ4n) is 2.57. The van der Waals surface area contributed by atoms with E-state index in [2.05, 4.69) is 36.3 Å². The van der Waals surface area contributed by atoms with E-state index >= 15 is 0 Å². The molecule has 23 heavy (non-hydrogen) atoms. The Hall–Kier alpha value is -1.77. The van der Waals surface area contributed by atoms with Crippen LogP contribution in [0, 0.1) is 0 Å². The van der Waals surface area contributed by atoms with Crippen molar-refractivity contribution in [3.8, 4) is 0 Å². The summed E-state index contributed by atoms with van der Waals surface area (Å²) in [5, 5.41) is 0. The van der Waals surface area contributed by atoms with E-state index in [1.165, 1.54) is 5.56 Å². The molecule has 2 nitrogen and oxygen atoms in total. The van der Waals surface area contributed by atoms with Gasteiger partial charge in [-0.2, -0.15) is 0 Å². The van der Waals surface area contributed by atoms with E-state index in [1.54, 1.807) is 6.08 Å². The number of halogens is 1. The van der Waals surface area contributed by atoms with Crippen molar-refractivity contribution in [3.05, 3.63) is 84.6 Å². The molecule has 0 N–H and O–H groups in total. The number of likely N-dealkylation sites (N-methyl/N-ethyl adjacent to an activating group) is 2. The molecule has 0 bridgehead atoms. The first-order valence-corrected chi connectivity index (χ1v) is 8.35. The van der Waals surface area contributed by atoms with Gasteiger partial charge < -0.3 is 4.90 Å². The number of hydrogen-bond acceptors (Lipinski definition) is 2. The molecule has 0 aliphatic carbocycles. The Balaban J connectivity index is 0.00000127. The molecular weight excluding hydrogens is 304 g/mol. The Bertz CT molecular complexity index is 575. The van der Waals surface area contributed by atoms with E-state index in [4.69, 9.17) is 11.6 Å². The van der Waals surface area contributed by atoms with E-state index in [0.717, 1.165) is 11.3 Å². The maximum Gasteiger partial charge on any atom is 0.160 e. The summed E-state index contributed by atoms with van der Waals surface area (Å²) < 4.78 is 0. The lowest BCUT2D eigenvalue weighted by atomic mass is 9.99. The number of benzene rings is 1. The zero-order chi connectivity index (χ0) is 17.4. The molecule has 0 saturated carbocycles. The van der Waals surface area contributed by atoms with Crippen LogP contribution in [0.4, 0.5) is 0 Å². The highest BCUT2D eigenvalue weighted by Crippen LogP contribution is 2.35. The Kier molecular flexibility index (Phi) is 7.87. The van der Waals surface area contributed by atoms with Crippen LogP contribution in [0.1, 0.15) is 25.5 Å². The van der Waals surface area contributed by atoms with E-state index in [9.17, 15) is 0 Å². The molecule has 3 heteroatoms. The first kappa shape index (κ1) is 19.3. The zero-order valence-corrected chi connectivity index (χ0v) is 15.3. The monoisotopic (exact) mass is 330 g/mol. The van der Waals surface area contributed by atoms with E-state index in [0.29, 0.717) is 0 Å². The average Bonchev–Trinajstić information content (AvgIpc) is 2.61. The van der Waals surface area contributed by atoms with Crippen LogP contribution in [0.2, 0.25) is 0 Å². The predicted molar refractivity (Wildman–Crippen MR) is 102 cm³/mol. The van der Waals surface area contributed by atoms with Gasteiger partial charge in [0.1, 0.15) is 0 Å². The van der Waals surface area contributed by atoms with E-state index in [-0.39, 0.29) is 11.7 Å². The Morgan fingerprint density at radius 3 is 2.26 bits per heavy atom. The lowest BCUT2D eigenvalue weighted by Gasteiger charge is -2.42. The smallest absolute Gasteiger partial charge is 0.160 e. The molecule has 1 aromatic rings. The topological polar surface area (TPSA) is 6.48 Å². The van der Waals surface area contributed by atoms with Crippen molar-refractivity contribution in [2.24, 2.45) is 0 Å². The van der Waals surface area contributed by atoms with E-state index < -0.39 is 0 Å². The van der Waals surface area contributed by atoms with Gasteiger partial charge in [-0.05, 0) is 24.3 Å². The number of rotatable bonds is 4. The van der Waals surface area contributed by atoms with Crippen LogP contribution in [-0.4, -0.2) is 29.5 Å². The molecule has 1 aliphatic heterocycles. The second kappa shape index (κ2) is 9.39. The highest BCUT2D eigenvalue weighted by atomic mass is 35.5. The molecule has 124 valence electrons. The third-order valence-corrected chi connectivity index (χ3v) is 4.34. The van der Waals surface area contributed by atoms with Crippen LogP contribution in [0.3, 0.4) is 0 Å². The number of allylic oxidation sites excluding steroid dienone is 3. The quantitative estimate of drug-likeness (QED) is 0.418. The van der Waals surface area contributed by atoms with Gasteiger partial charge in [0.15, 0.2) is 5.62 Å². The summed E-state index contributed by atoms with van der Waals surface area (Å²) >= 11 is 6.58. The molecule has 2 rings (SSSR count). The van der Waals surface area contributed by atoms with Crippen LogP contribution < -0.4 is 0 Å². The third kappa shape index (κ3) is 4.37. The van der Waals surface area contributed by atoms with Crippen molar-refractivity contribution in [2.75, 3.05) is 14.1 Å². The van der Waals surface area contributed by atoms with Crippen molar-refractivity contribution in [3.63, 3.8) is 0 Å². The summed E-state index contributed by atoms with van der Waals surface area (Å²) in [5.41, 5.74) is 3.09. The van der Waals surface area contributed by atoms with Gasteiger partial charge in [-0.3, -0.25) is 4.90 Å². The van der Waals surface area contributed by atoms with Gasteiger partial charge >= 0.3 is 0 Å². The van der Waals surface area contributed by atoms with Gasteiger partial charge in [-0.1, -0.05) is 87.2 Å². The van der Waals surface area contributed by atoms with Crippen LogP contribution in [0.25, 0.3) is 0 Å². The zero-order valence-electron chi connectivity index (χ0n) is 14.5. The Morgan fingerprint density at radius 1 is 1.13 bits per heavy atom. The van der Waals surface area contributed by atoms with Gasteiger partial charge in [-0.15, -0.1) is 0 Å². The van der Waals surface area contributed by atoms with Crippen LogP contribution >= 0.6 is 11.6 Å². The van der Waals surface area contributed by atoms with Crippen molar-refractivity contribution in [1.82, 2.24) is 9.80 Å². The summed E-state index contributed by atoms with van der Waals surface area (Å²) in [4.78, 5) is 4.17. The minimum absolute atomic E-state index is 0.132. The van der Waals surface area contributed by atoms with Crippen LogP contribution in [-0.2, 0) is 0 Å². The fraction of sp³-hybridized carbons (Fsp3) is 0.300. The summed E-state index contributed by atoms with van der Waals surface area (Å²) in [5.74, 6) is 0. The summed E-state index contributed by atoms with van der Waals surface area (Å²) in [6.45, 7) is 11.7. The van der Waals surface area contributed by atoms with Crippen molar-refractivity contribution >= 4 is 11.6 Å². The summed E-state index contributed by atoms with van der Waals surface area (Å²) in [7, 11) is 4.02. The largest absolute Gasteiger partial charge is 0.346 e. The molecule has 0 amide bonds. The average molecular weight is 331 g/mol. The molecule has 1 aliphatic rings. The first-order chi connectivity index (χ1) is 11.1. The third-order valence-electron chi connectivity index (χ3n) is 3.74. The molecule has 0 saturated heterocycles. The van der Waals surface area contributed by atoms with Crippen LogP contribution in [0.5, 0.6) is 0 Å². The summed E-state index contributed by atoms with van der Waals surface area (Å²) in [6, 6.07) is 10.5. The minimum Gasteiger partial charge on any atom is -0.346 e. The van der Waals surface area contributed by atoms with Gasteiger partial charge in [0.2, 0.25) is 0 Å². The second-order valence-electron chi connectivity index (χ2n) is 5.06. The standard InChI is InChI=1S/C18H21ClN2.C2H6/c1-5-10-14(6-2)16-13-17(15-11-8-7-9-12-15)21(4)18(19)20(16)3;1-2/h5-13,17-18H,1-2H2,3-4H3;1-2H3/b14-10+;. The SMILES string of the molecule is C=C/C=C(\C=C)C1=CC(c2ccccc2)N(C)C(Cl)N1C.CC. The number of nitrogens with zero attached hydrogens (tertiary/aromatic N) is 2. The highest BCUT2D eigenvalue weighted by Gasteiger charge is 2.31. The number of alkyl halides is 1. The first-order valence-electron chi connectivity index (χ1n) is 7.91. The highest BCUT2D eigenvalue weighted by molar-refractivity contribution is 6.20. The predicted octanol–water partition coefficient (Wildman–Crippen LogP) is 5.34. The normalized spacial score (nSPS) is 21.9. The maximum atomic E-state index is 6.58. The molecule has 2 atom stereocenters. The molecule has 0 fully saturated rings. The van der Waals surface area contributed by atoms with Gasteiger partial charge in [-0.25, -0.2) is 0 Å². The lowest BCUT2D eigenvalue weighted by Crippen LogP contribution is -2.45. The maximum absolute atomic E-state index is 6.58. The Morgan fingerprint density at radius 2 is 1.74 bits per heavy atom. The Labute approximate surface area is 146 Å². The van der Waals surface area contributed by atoms with Crippen molar-refractivity contribution < 1.29 is 0 Å². The molecule has 1 heterocycles. The van der Waals surface area contributed by atoms with Crippen LogP contribution in [0.15, 0.2) is 79.1 Å². The van der Waals surface area contributed by atoms with Gasteiger partial charge in [0.05, 0.1) is 6.04 Å². The molecular formula is C20H27ClN2. The van der Waals surface area contributed by atoms with Crippen molar-refractivity contribution in [2.45, 2.75) is 25.5 Å². The molecule has 0 radical (unpaired) electrons. The summed E-state index contributed by atoms with van der Waals surface area (Å²) in [6.07, 6.45) is 7.77. The molecule has 2 unspecified atom stereocenters.